The third-order valence-corrected chi connectivity index (χ3v) is 2.48. The number of nitrogens with one attached hydrogen (secondary N) is 1. The maximum Gasteiger partial charge on any atom is 0.158 e. The summed E-state index contributed by atoms with van der Waals surface area (Å²) in [6, 6.07) is 1.96. The molecule has 1 rings (SSSR count). The van der Waals surface area contributed by atoms with E-state index in [0.717, 1.165) is 18.2 Å². The smallest absolute Gasteiger partial charge is 0.158 e. The largest absolute Gasteiger partial charge is 0.374 e. The molecule has 0 aromatic carbocycles. The zero-order valence-electron chi connectivity index (χ0n) is 12.0. The van der Waals surface area contributed by atoms with Gasteiger partial charge < -0.3 is 15.0 Å². The first kappa shape index (κ1) is 14.7. The van der Waals surface area contributed by atoms with Crippen LogP contribution in [-0.4, -0.2) is 37.2 Å². The van der Waals surface area contributed by atoms with Crippen LogP contribution in [0.2, 0.25) is 0 Å². The average Bonchev–Trinajstić information content (AvgIpc) is 2.35. The molecule has 0 unspecified atom stereocenters. The van der Waals surface area contributed by atoms with Crippen molar-refractivity contribution in [2.75, 3.05) is 37.5 Å². The minimum Gasteiger partial charge on any atom is -0.374 e. The fourth-order valence-corrected chi connectivity index (χ4v) is 1.71. The minimum absolute atomic E-state index is 0.453. The molecule has 0 aliphatic heterocycles. The summed E-state index contributed by atoms with van der Waals surface area (Å²) in [7, 11) is 3.91. The molecule has 5 nitrogen and oxygen atoms in total. The molecule has 1 aromatic rings. The van der Waals surface area contributed by atoms with Crippen molar-refractivity contribution in [3.05, 3.63) is 11.9 Å². The number of ether oxygens (including phenoxy) is 1. The van der Waals surface area contributed by atoms with Crippen LogP contribution in [0.3, 0.4) is 0 Å². The molecule has 5 heteroatoms. The minimum atomic E-state index is 0.453. The molecule has 0 saturated carbocycles. The zero-order chi connectivity index (χ0) is 13.5. The molecule has 1 N–H and O–H groups in total. The molecule has 0 saturated heterocycles. The highest BCUT2D eigenvalue weighted by atomic mass is 16.5. The lowest BCUT2D eigenvalue weighted by molar-refractivity contribution is 0.128. The number of nitrogens with zero attached hydrogens (tertiary/aromatic N) is 3. The van der Waals surface area contributed by atoms with E-state index in [-0.39, 0.29) is 0 Å². The van der Waals surface area contributed by atoms with Crippen LogP contribution in [0.25, 0.3) is 0 Å². The van der Waals surface area contributed by atoms with Crippen LogP contribution in [0.15, 0.2) is 6.07 Å². The monoisotopic (exact) mass is 252 g/mol. The Balaban J connectivity index is 2.88. The first-order valence-electron chi connectivity index (χ1n) is 6.41. The van der Waals surface area contributed by atoms with E-state index in [4.69, 9.17) is 4.74 Å². The van der Waals surface area contributed by atoms with E-state index >= 15 is 0 Å². The second-order valence-electron chi connectivity index (χ2n) is 4.69. The van der Waals surface area contributed by atoms with Crippen molar-refractivity contribution < 1.29 is 4.74 Å². The Labute approximate surface area is 110 Å². The van der Waals surface area contributed by atoms with Gasteiger partial charge in [-0.1, -0.05) is 13.8 Å². The Morgan fingerprint density at radius 3 is 2.67 bits per heavy atom. The summed E-state index contributed by atoms with van der Waals surface area (Å²) in [4.78, 5) is 11.0. The maximum atomic E-state index is 5.36. The Hall–Kier alpha value is -1.36. The Morgan fingerprint density at radius 2 is 2.11 bits per heavy atom. The lowest BCUT2D eigenvalue weighted by Crippen LogP contribution is -2.24. The van der Waals surface area contributed by atoms with E-state index in [1.807, 2.05) is 27.1 Å². The van der Waals surface area contributed by atoms with E-state index in [2.05, 4.69) is 34.0 Å². The fourth-order valence-electron chi connectivity index (χ4n) is 1.71. The third-order valence-electron chi connectivity index (χ3n) is 2.48. The lowest BCUT2D eigenvalue weighted by Gasteiger charge is -2.21. The topological polar surface area (TPSA) is 50.3 Å². The van der Waals surface area contributed by atoms with Crippen LogP contribution in [0.1, 0.15) is 26.6 Å². The number of anilines is 2. The predicted molar refractivity (Wildman–Crippen MR) is 75.0 cm³/mol. The average molecular weight is 252 g/mol. The van der Waals surface area contributed by atoms with Crippen molar-refractivity contribution >= 4 is 11.6 Å². The van der Waals surface area contributed by atoms with E-state index in [0.29, 0.717) is 25.0 Å². The van der Waals surface area contributed by atoms with Crippen molar-refractivity contribution in [2.24, 2.45) is 5.92 Å². The fraction of sp³-hybridized carbons (Fsp3) is 0.692. The van der Waals surface area contributed by atoms with Gasteiger partial charge in [0.05, 0.1) is 0 Å². The van der Waals surface area contributed by atoms with Crippen LogP contribution in [0, 0.1) is 5.92 Å². The van der Waals surface area contributed by atoms with Crippen LogP contribution < -0.4 is 10.2 Å². The van der Waals surface area contributed by atoms with Gasteiger partial charge in [0.15, 0.2) is 5.82 Å². The van der Waals surface area contributed by atoms with Gasteiger partial charge in [0.25, 0.3) is 0 Å². The summed E-state index contributed by atoms with van der Waals surface area (Å²) in [6.45, 7) is 8.44. The van der Waals surface area contributed by atoms with Gasteiger partial charge in [0.1, 0.15) is 18.2 Å². The summed E-state index contributed by atoms with van der Waals surface area (Å²) in [6.07, 6.45) is 0. The quantitative estimate of drug-likeness (QED) is 0.805. The number of rotatable bonds is 7. The molecule has 0 aliphatic carbocycles. The summed E-state index contributed by atoms with van der Waals surface area (Å²) >= 11 is 0. The predicted octanol–water partition coefficient (Wildman–Crippen LogP) is 2.15. The molecule has 102 valence electrons. The molecule has 0 bridgehead atoms. The molecule has 0 fully saturated rings. The van der Waals surface area contributed by atoms with Crippen LogP contribution in [0.4, 0.5) is 11.6 Å². The van der Waals surface area contributed by atoms with Crippen molar-refractivity contribution in [2.45, 2.75) is 27.4 Å². The number of hydrogen-bond acceptors (Lipinski definition) is 5. The lowest BCUT2D eigenvalue weighted by atomic mass is 10.2. The van der Waals surface area contributed by atoms with Gasteiger partial charge >= 0.3 is 0 Å². The van der Waals surface area contributed by atoms with Crippen molar-refractivity contribution in [3.63, 3.8) is 0 Å². The molecule has 0 radical (unpaired) electrons. The van der Waals surface area contributed by atoms with Crippen molar-refractivity contribution in [3.8, 4) is 0 Å². The zero-order valence-corrected chi connectivity index (χ0v) is 12.0. The van der Waals surface area contributed by atoms with Gasteiger partial charge in [-0.3, -0.25) is 0 Å². The van der Waals surface area contributed by atoms with Crippen molar-refractivity contribution in [1.29, 1.82) is 0 Å². The molecule has 1 heterocycles. The second-order valence-corrected chi connectivity index (χ2v) is 4.69. The Bertz CT molecular complexity index is 368. The highest BCUT2D eigenvalue weighted by Gasteiger charge is 2.09. The molecule has 1 aromatic heterocycles. The molecule has 18 heavy (non-hydrogen) atoms. The van der Waals surface area contributed by atoms with Crippen molar-refractivity contribution in [1.82, 2.24) is 9.97 Å². The first-order valence-corrected chi connectivity index (χ1v) is 6.41. The molecular weight excluding hydrogens is 228 g/mol. The molecule has 0 spiro atoms. The van der Waals surface area contributed by atoms with Gasteiger partial charge in [0, 0.05) is 33.3 Å². The van der Waals surface area contributed by atoms with Crippen LogP contribution in [0.5, 0.6) is 0 Å². The van der Waals surface area contributed by atoms with Gasteiger partial charge in [0.2, 0.25) is 0 Å². The van der Waals surface area contributed by atoms with Crippen LogP contribution >= 0.6 is 0 Å². The molecular formula is C13H24N4O. The number of aromatic nitrogens is 2. The Kier molecular flexibility index (Phi) is 5.85. The summed E-state index contributed by atoms with van der Waals surface area (Å²) < 4.78 is 5.36. The van der Waals surface area contributed by atoms with Gasteiger partial charge in [-0.05, 0) is 12.8 Å². The highest BCUT2D eigenvalue weighted by molar-refractivity contribution is 5.48. The summed E-state index contributed by atoms with van der Waals surface area (Å²) in [5.74, 6) is 3.07. The van der Waals surface area contributed by atoms with E-state index in [1.165, 1.54) is 0 Å². The first-order chi connectivity index (χ1) is 8.56. The maximum absolute atomic E-state index is 5.36. The van der Waals surface area contributed by atoms with Gasteiger partial charge in [-0.25, -0.2) is 9.97 Å². The Morgan fingerprint density at radius 1 is 1.39 bits per heavy atom. The van der Waals surface area contributed by atoms with Gasteiger partial charge in [-0.2, -0.15) is 0 Å². The third kappa shape index (κ3) is 4.49. The summed E-state index contributed by atoms with van der Waals surface area (Å²) in [5.41, 5.74) is 0. The SMILES string of the molecule is CCOCc1nc(NC)cc(N(C)CC(C)C)n1. The summed E-state index contributed by atoms with van der Waals surface area (Å²) in [5, 5.41) is 3.06. The highest BCUT2D eigenvalue weighted by Crippen LogP contribution is 2.16. The standard InChI is InChI=1S/C13H24N4O/c1-6-18-9-12-15-11(14-4)7-13(16-12)17(5)8-10(2)3/h7,10H,6,8-9H2,1-5H3,(H,14,15,16). The second kappa shape index (κ2) is 7.16. The van der Waals surface area contributed by atoms with Gasteiger partial charge in [-0.15, -0.1) is 0 Å². The molecule has 0 amide bonds. The number of hydrogen-bond donors (Lipinski definition) is 1. The molecule has 0 aliphatic rings. The molecule has 0 atom stereocenters. The van der Waals surface area contributed by atoms with Crippen LogP contribution in [-0.2, 0) is 11.3 Å². The van der Waals surface area contributed by atoms with E-state index < -0.39 is 0 Å². The van der Waals surface area contributed by atoms with E-state index in [9.17, 15) is 0 Å². The van der Waals surface area contributed by atoms with E-state index in [1.54, 1.807) is 0 Å². The normalized spacial score (nSPS) is 10.8.